The molecule has 120 valence electrons. The van der Waals surface area contributed by atoms with Crippen LogP contribution in [0.5, 0.6) is 0 Å². The predicted octanol–water partition coefficient (Wildman–Crippen LogP) is 3.66. The summed E-state index contributed by atoms with van der Waals surface area (Å²) in [6, 6.07) is 0. The lowest BCUT2D eigenvalue weighted by atomic mass is 9.56. The highest BCUT2D eigenvalue weighted by molar-refractivity contribution is 5.26. The van der Waals surface area contributed by atoms with Gasteiger partial charge in [-0.15, -0.1) is 0 Å². The molecule has 3 unspecified atom stereocenters. The number of aliphatic hydroxyl groups is 1. The lowest BCUT2D eigenvalue weighted by Crippen LogP contribution is -2.83. The van der Waals surface area contributed by atoms with Crippen molar-refractivity contribution in [3.63, 3.8) is 0 Å². The van der Waals surface area contributed by atoms with Crippen LogP contribution in [0.15, 0.2) is 0 Å². The van der Waals surface area contributed by atoms with Crippen molar-refractivity contribution >= 4 is 0 Å². The van der Waals surface area contributed by atoms with Gasteiger partial charge in [0.1, 0.15) is 5.41 Å². The fourth-order valence-electron chi connectivity index (χ4n) is 2.29. The van der Waals surface area contributed by atoms with E-state index in [9.17, 15) is 39.5 Å². The first kappa shape index (κ1) is 17.4. The predicted molar refractivity (Wildman–Crippen MR) is 49.1 cm³/mol. The van der Waals surface area contributed by atoms with E-state index in [1.54, 1.807) is 0 Å². The van der Waals surface area contributed by atoms with Gasteiger partial charge >= 0.3 is 23.7 Å². The molecule has 1 aliphatic carbocycles. The van der Waals surface area contributed by atoms with Gasteiger partial charge in [0.25, 0.3) is 0 Å². The SMILES string of the molecule is CC(O)C1(C)C(C)(F)C(F)(F)C(F)(F)C(F)(F)C1(F)F. The van der Waals surface area contributed by atoms with Crippen LogP contribution in [0.1, 0.15) is 20.8 Å². The molecule has 0 radical (unpaired) electrons. The Morgan fingerprint density at radius 3 is 1.25 bits per heavy atom. The van der Waals surface area contributed by atoms with E-state index in [4.69, 9.17) is 5.11 Å². The average Bonchev–Trinajstić information content (AvgIpc) is 2.24. The normalized spacial score (nSPS) is 43.0. The third kappa shape index (κ3) is 1.31. The van der Waals surface area contributed by atoms with Gasteiger partial charge in [-0.1, -0.05) is 0 Å². The van der Waals surface area contributed by atoms with Crippen LogP contribution in [-0.2, 0) is 0 Å². The second-order valence-electron chi connectivity index (χ2n) is 5.18. The molecular weight excluding hydrogens is 307 g/mol. The van der Waals surface area contributed by atoms with Gasteiger partial charge in [-0.05, 0) is 20.8 Å². The number of halogens is 9. The number of aliphatic hydroxyl groups excluding tert-OH is 1. The third-order valence-electron chi connectivity index (χ3n) is 4.24. The lowest BCUT2D eigenvalue weighted by Gasteiger charge is -2.58. The highest BCUT2D eigenvalue weighted by atomic mass is 19.4. The summed E-state index contributed by atoms with van der Waals surface area (Å²) in [5, 5.41) is 9.11. The summed E-state index contributed by atoms with van der Waals surface area (Å²) in [7, 11) is 0. The molecule has 0 aromatic carbocycles. The van der Waals surface area contributed by atoms with Crippen LogP contribution in [0.25, 0.3) is 0 Å². The molecule has 1 nitrogen and oxygen atoms in total. The van der Waals surface area contributed by atoms with E-state index in [2.05, 4.69) is 0 Å². The van der Waals surface area contributed by atoms with Crippen LogP contribution in [0.2, 0.25) is 0 Å². The van der Waals surface area contributed by atoms with Gasteiger partial charge in [0.05, 0.1) is 6.10 Å². The van der Waals surface area contributed by atoms with Crippen molar-refractivity contribution in [3.05, 3.63) is 0 Å². The Bertz CT molecular complexity index is 383. The summed E-state index contributed by atoms with van der Waals surface area (Å²) in [4.78, 5) is 0. The minimum absolute atomic E-state index is 0.116. The third-order valence-corrected chi connectivity index (χ3v) is 4.24. The van der Waals surface area contributed by atoms with Crippen molar-refractivity contribution in [2.75, 3.05) is 0 Å². The Hall–Kier alpha value is -0.670. The Morgan fingerprint density at radius 2 is 0.950 bits per heavy atom. The maximum Gasteiger partial charge on any atom is 0.381 e. The topological polar surface area (TPSA) is 20.2 Å². The lowest BCUT2D eigenvalue weighted by molar-refractivity contribution is -0.469. The maximum absolute atomic E-state index is 14.1. The summed E-state index contributed by atoms with van der Waals surface area (Å²) in [5.41, 5.74) is -8.92. The Balaban J connectivity index is 3.83. The Labute approximate surface area is 107 Å². The first-order chi connectivity index (χ1) is 8.44. The molecule has 10 heteroatoms. The molecule has 0 heterocycles. The fraction of sp³-hybridized carbons (Fsp3) is 1.00. The van der Waals surface area contributed by atoms with Gasteiger partial charge in [0, 0.05) is 0 Å². The number of hydrogen-bond acceptors (Lipinski definition) is 1. The second kappa shape index (κ2) is 3.75. The van der Waals surface area contributed by atoms with E-state index < -0.39 is 40.9 Å². The Morgan fingerprint density at radius 1 is 0.650 bits per heavy atom. The molecule has 3 atom stereocenters. The number of hydrogen-bond donors (Lipinski definition) is 1. The van der Waals surface area contributed by atoms with Gasteiger partial charge in [0.2, 0.25) is 0 Å². The van der Waals surface area contributed by atoms with Gasteiger partial charge in [0.15, 0.2) is 5.67 Å². The summed E-state index contributed by atoms with van der Waals surface area (Å²) >= 11 is 0. The largest absolute Gasteiger partial charge is 0.392 e. The molecule has 0 amide bonds. The second-order valence-corrected chi connectivity index (χ2v) is 5.18. The zero-order valence-electron chi connectivity index (χ0n) is 10.4. The standard InChI is InChI=1S/C10H11F9O/c1-4(20)5(2)6(3,11)8(14,15)10(18,19)9(16,17)7(5,12)13/h4,20H,1-3H3. The smallest absolute Gasteiger partial charge is 0.381 e. The summed E-state index contributed by atoms with van der Waals surface area (Å²) < 4.78 is 121. The molecule has 0 aliphatic heterocycles. The quantitative estimate of drug-likeness (QED) is 0.732. The van der Waals surface area contributed by atoms with Crippen LogP contribution in [-0.4, -0.2) is 40.6 Å². The van der Waals surface area contributed by atoms with Crippen molar-refractivity contribution in [3.8, 4) is 0 Å². The van der Waals surface area contributed by atoms with Gasteiger partial charge in [-0.3, -0.25) is 0 Å². The molecular formula is C10H11F9O. The van der Waals surface area contributed by atoms with Crippen LogP contribution in [0.4, 0.5) is 39.5 Å². The van der Waals surface area contributed by atoms with E-state index in [0.29, 0.717) is 6.92 Å². The van der Waals surface area contributed by atoms with E-state index >= 15 is 0 Å². The highest BCUT2D eigenvalue weighted by Gasteiger charge is 2.96. The van der Waals surface area contributed by atoms with Gasteiger partial charge in [-0.25, -0.2) is 4.39 Å². The molecule has 1 aliphatic rings. The monoisotopic (exact) mass is 318 g/mol. The first-order valence-corrected chi connectivity index (χ1v) is 5.33. The maximum atomic E-state index is 14.1. The molecule has 0 saturated heterocycles. The fourth-order valence-corrected chi connectivity index (χ4v) is 2.29. The minimum atomic E-state index is -6.62. The van der Waals surface area contributed by atoms with Gasteiger partial charge in [-0.2, -0.15) is 35.1 Å². The summed E-state index contributed by atoms with van der Waals surface area (Å²) in [6.45, 7) is -0.118. The molecule has 0 bridgehead atoms. The van der Waals surface area contributed by atoms with Crippen molar-refractivity contribution in [1.82, 2.24) is 0 Å². The van der Waals surface area contributed by atoms with Crippen molar-refractivity contribution in [2.24, 2.45) is 5.41 Å². The van der Waals surface area contributed by atoms with E-state index in [0.717, 1.165) is 0 Å². The molecule has 1 fully saturated rings. The van der Waals surface area contributed by atoms with Crippen LogP contribution >= 0.6 is 0 Å². The van der Waals surface area contributed by atoms with Crippen LogP contribution in [0.3, 0.4) is 0 Å². The first-order valence-electron chi connectivity index (χ1n) is 5.33. The average molecular weight is 318 g/mol. The van der Waals surface area contributed by atoms with Gasteiger partial charge < -0.3 is 5.11 Å². The highest BCUT2D eigenvalue weighted by Crippen LogP contribution is 2.71. The van der Waals surface area contributed by atoms with Crippen molar-refractivity contribution in [2.45, 2.75) is 56.2 Å². The molecule has 0 aromatic rings. The molecule has 20 heavy (non-hydrogen) atoms. The minimum Gasteiger partial charge on any atom is -0.392 e. The van der Waals surface area contributed by atoms with Crippen molar-refractivity contribution in [1.29, 1.82) is 0 Å². The number of rotatable bonds is 1. The van der Waals surface area contributed by atoms with Crippen molar-refractivity contribution < 1.29 is 44.6 Å². The molecule has 0 spiro atoms. The van der Waals surface area contributed by atoms with E-state index in [-0.39, 0.29) is 13.8 Å². The zero-order valence-corrected chi connectivity index (χ0v) is 10.4. The summed E-state index contributed by atoms with van der Waals surface area (Å²) in [6.07, 6.45) is -2.75. The molecule has 0 aromatic heterocycles. The molecule has 1 N–H and O–H groups in total. The molecule has 1 saturated carbocycles. The van der Waals surface area contributed by atoms with E-state index in [1.807, 2.05) is 0 Å². The van der Waals surface area contributed by atoms with E-state index in [1.165, 1.54) is 0 Å². The summed E-state index contributed by atoms with van der Waals surface area (Å²) in [5.74, 6) is -25.2. The zero-order chi connectivity index (χ0) is 16.6. The Kier molecular flexibility index (Phi) is 3.26. The number of alkyl halides is 9. The molecule has 1 rings (SSSR count). The van der Waals surface area contributed by atoms with Crippen LogP contribution < -0.4 is 0 Å². The van der Waals surface area contributed by atoms with Crippen LogP contribution in [0, 0.1) is 5.41 Å².